The molecule has 0 spiro atoms. The van der Waals surface area contributed by atoms with E-state index in [-0.39, 0.29) is 5.75 Å². The van der Waals surface area contributed by atoms with Crippen molar-refractivity contribution in [3.8, 4) is 5.75 Å². The lowest BCUT2D eigenvalue weighted by molar-refractivity contribution is 0.340. The summed E-state index contributed by atoms with van der Waals surface area (Å²) in [7, 11) is 0. The summed E-state index contributed by atoms with van der Waals surface area (Å²) >= 11 is 0. The van der Waals surface area contributed by atoms with Gasteiger partial charge in [0.2, 0.25) is 0 Å². The maximum atomic E-state index is 9.86. The summed E-state index contributed by atoms with van der Waals surface area (Å²) < 4.78 is 0. The number of benzene rings is 1. The molecule has 0 unspecified atom stereocenters. The number of pyridine rings is 1. The Labute approximate surface area is 136 Å². The molecule has 0 atom stereocenters. The van der Waals surface area contributed by atoms with Crippen LogP contribution in [0.4, 0.5) is 5.69 Å². The predicted octanol–water partition coefficient (Wildman–Crippen LogP) is 3.24. The van der Waals surface area contributed by atoms with Gasteiger partial charge in [0.15, 0.2) is 5.96 Å². The van der Waals surface area contributed by atoms with Crippen LogP contribution in [0.15, 0.2) is 53.7 Å². The van der Waals surface area contributed by atoms with Gasteiger partial charge in [-0.05, 0) is 43.5 Å². The highest BCUT2D eigenvalue weighted by Crippen LogP contribution is 2.16. The topological polar surface area (TPSA) is 60.8 Å². The molecule has 0 aliphatic carbocycles. The van der Waals surface area contributed by atoms with Gasteiger partial charge in [0.05, 0.1) is 6.54 Å². The normalized spacial score (nSPS) is 15.5. The van der Waals surface area contributed by atoms with Crippen molar-refractivity contribution in [3.63, 3.8) is 0 Å². The Bertz CT molecular complexity index is 651. The van der Waals surface area contributed by atoms with E-state index < -0.39 is 0 Å². The van der Waals surface area contributed by atoms with Crippen molar-refractivity contribution in [1.29, 1.82) is 0 Å². The molecular formula is C18H22N4O. The van der Waals surface area contributed by atoms with E-state index in [1.54, 1.807) is 18.3 Å². The molecule has 1 saturated heterocycles. The van der Waals surface area contributed by atoms with Crippen LogP contribution in [0.2, 0.25) is 0 Å². The number of piperidine rings is 1. The van der Waals surface area contributed by atoms with Gasteiger partial charge in [0, 0.05) is 25.0 Å². The third kappa shape index (κ3) is 4.22. The number of anilines is 1. The molecule has 23 heavy (non-hydrogen) atoms. The Morgan fingerprint density at radius 3 is 2.61 bits per heavy atom. The summed E-state index contributed by atoms with van der Waals surface area (Å²) in [6.07, 6.45) is 5.32. The van der Waals surface area contributed by atoms with Crippen LogP contribution in [-0.4, -0.2) is 34.0 Å². The van der Waals surface area contributed by atoms with Crippen molar-refractivity contribution < 1.29 is 5.11 Å². The first-order chi connectivity index (χ1) is 11.3. The van der Waals surface area contributed by atoms with Gasteiger partial charge in [0.25, 0.3) is 0 Å². The summed E-state index contributed by atoms with van der Waals surface area (Å²) in [5, 5.41) is 13.3. The largest absolute Gasteiger partial charge is 0.506 e. The van der Waals surface area contributed by atoms with E-state index in [1.807, 2.05) is 30.3 Å². The van der Waals surface area contributed by atoms with Gasteiger partial charge < -0.3 is 15.3 Å². The van der Waals surface area contributed by atoms with Crippen LogP contribution in [0.1, 0.15) is 25.0 Å². The molecule has 0 amide bonds. The van der Waals surface area contributed by atoms with Crippen LogP contribution >= 0.6 is 0 Å². The number of aliphatic imine (C=N–C) groups is 1. The maximum Gasteiger partial charge on any atom is 0.198 e. The molecule has 120 valence electrons. The van der Waals surface area contributed by atoms with Gasteiger partial charge in [-0.25, -0.2) is 4.99 Å². The first kappa shape index (κ1) is 15.3. The average Bonchev–Trinajstić information content (AvgIpc) is 2.61. The molecule has 2 aromatic rings. The van der Waals surface area contributed by atoms with E-state index in [0.29, 0.717) is 12.2 Å². The number of para-hydroxylation sites is 1. The standard InChI is InChI=1S/C18H22N4O/c23-17-10-7-11-19-16(17)14-20-18(22-12-5-2-6-13-22)21-15-8-3-1-4-9-15/h1,3-4,7-11,23H,2,5-6,12-14H2,(H,20,21). The molecular weight excluding hydrogens is 288 g/mol. The second-order valence-electron chi connectivity index (χ2n) is 5.65. The molecule has 2 heterocycles. The van der Waals surface area contributed by atoms with Crippen LogP contribution in [0.5, 0.6) is 5.75 Å². The zero-order chi connectivity index (χ0) is 15.9. The number of rotatable bonds is 3. The maximum absolute atomic E-state index is 9.86. The van der Waals surface area contributed by atoms with E-state index in [0.717, 1.165) is 24.7 Å². The second-order valence-corrected chi connectivity index (χ2v) is 5.65. The average molecular weight is 310 g/mol. The zero-order valence-electron chi connectivity index (χ0n) is 13.2. The third-order valence-electron chi connectivity index (χ3n) is 3.93. The Kier molecular flexibility index (Phi) is 5.09. The Hall–Kier alpha value is -2.56. The lowest BCUT2D eigenvalue weighted by Crippen LogP contribution is -2.40. The van der Waals surface area contributed by atoms with Crippen molar-refractivity contribution in [2.45, 2.75) is 25.8 Å². The van der Waals surface area contributed by atoms with Crippen LogP contribution in [-0.2, 0) is 6.54 Å². The summed E-state index contributed by atoms with van der Waals surface area (Å²) in [6, 6.07) is 13.4. The number of aromatic nitrogens is 1. The molecule has 0 radical (unpaired) electrons. The zero-order valence-corrected chi connectivity index (χ0v) is 13.2. The molecule has 0 saturated carbocycles. The highest BCUT2D eigenvalue weighted by molar-refractivity contribution is 5.93. The Balaban J connectivity index is 1.79. The minimum absolute atomic E-state index is 0.189. The van der Waals surface area contributed by atoms with Gasteiger partial charge in [0.1, 0.15) is 11.4 Å². The van der Waals surface area contributed by atoms with Crippen LogP contribution in [0.3, 0.4) is 0 Å². The fraction of sp³-hybridized carbons (Fsp3) is 0.333. The highest BCUT2D eigenvalue weighted by atomic mass is 16.3. The first-order valence-corrected chi connectivity index (χ1v) is 8.07. The monoisotopic (exact) mass is 310 g/mol. The van der Waals surface area contributed by atoms with E-state index in [2.05, 4.69) is 20.2 Å². The van der Waals surface area contributed by atoms with E-state index in [1.165, 1.54) is 19.3 Å². The molecule has 1 aliphatic heterocycles. The Morgan fingerprint density at radius 2 is 1.87 bits per heavy atom. The second kappa shape index (κ2) is 7.63. The Morgan fingerprint density at radius 1 is 1.09 bits per heavy atom. The fourth-order valence-corrected chi connectivity index (χ4v) is 2.68. The van der Waals surface area contributed by atoms with Gasteiger partial charge >= 0.3 is 0 Å². The van der Waals surface area contributed by atoms with E-state index in [9.17, 15) is 5.11 Å². The molecule has 1 aliphatic rings. The van der Waals surface area contributed by atoms with E-state index in [4.69, 9.17) is 0 Å². The van der Waals surface area contributed by atoms with E-state index >= 15 is 0 Å². The summed E-state index contributed by atoms with van der Waals surface area (Å²) in [6.45, 7) is 2.37. The number of aromatic hydroxyl groups is 1. The molecule has 3 rings (SSSR count). The number of nitrogens with one attached hydrogen (secondary N) is 1. The minimum atomic E-state index is 0.189. The van der Waals surface area contributed by atoms with Crippen LogP contribution < -0.4 is 5.32 Å². The highest BCUT2D eigenvalue weighted by Gasteiger charge is 2.15. The SMILES string of the molecule is Oc1cccnc1CN=C(Nc1ccccc1)N1CCCCC1. The van der Waals surface area contributed by atoms with Crippen molar-refractivity contribution in [2.75, 3.05) is 18.4 Å². The van der Waals surface area contributed by atoms with Crippen molar-refractivity contribution in [2.24, 2.45) is 4.99 Å². The first-order valence-electron chi connectivity index (χ1n) is 8.07. The molecule has 5 nitrogen and oxygen atoms in total. The summed E-state index contributed by atoms with van der Waals surface area (Å²) in [5.74, 6) is 1.04. The lowest BCUT2D eigenvalue weighted by atomic mass is 10.1. The van der Waals surface area contributed by atoms with Gasteiger partial charge in [-0.2, -0.15) is 0 Å². The van der Waals surface area contributed by atoms with Crippen molar-refractivity contribution >= 4 is 11.6 Å². The quantitative estimate of drug-likeness (QED) is 0.675. The third-order valence-corrected chi connectivity index (χ3v) is 3.93. The molecule has 2 N–H and O–H groups in total. The number of guanidine groups is 1. The van der Waals surface area contributed by atoms with Gasteiger partial charge in [-0.1, -0.05) is 18.2 Å². The fourth-order valence-electron chi connectivity index (χ4n) is 2.68. The van der Waals surface area contributed by atoms with Crippen molar-refractivity contribution in [1.82, 2.24) is 9.88 Å². The summed E-state index contributed by atoms with van der Waals surface area (Å²) in [4.78, 5) is 11.2. The van der Waals surface area contributed by atoms with Crippen LogP contribution in [0, 0.1) is 0 Å². The minimum Gasteiger partial charge on any atom is -0.506 e. The summed E-state index contributed by atoms with van der Waals surface area (Å²) in [5.41, 5.74) is 1.61. The number of nitrogens with zero attached hydrogens (tertiary/aromatic N) is 3. The molecule has 1 aromatic carbocycles. The number of hydrogen-bond acceptors (Lipinski definition) is 3. The van der Waals surface area contributed by atoms with Gasteiger partial charge in [-0.15, -0.1) is 0 Å². The number of likely N-dealkylation sites (tertiary alicyclic amines) is 1. The predicted molar refractivity (Wildman–Crippen MR) is 92.5 cm³/mol. The molecule has 1 aromatic heterocycles. The van der Waals surface area contributed by atoms with Gasteiger partial charge in [-0.3, -0.25) is 4.98 Å². The molecule has 0 bridgehead atoms. The lowest BCUT2D eigenvalue weighted by Gasteiger charge is -2.30. The smallest absolute Gasteiger partial charge is 0.198 e. The molecule has 5 heteroatoms. The molecule has 1 fully saturated rings. The number of hydrogen-bond donors (Lipinski definition) is 2. The van der Waals surface area contributed by atoms with Crippen molar-refractivity contribution in [3.05, 3.63) is 54.4 Å². The van der Waals surface area contributed by atoms with Crippen LogP contribution in [0.25, 0.3) is 0 Å².